The Morgan fingerprint density at radius 2 is 0.538 bits per heavy atom. The van der Waals surface area contributed by atoms with Crippen LogP contribution in [0.25, 0.3) is 0 Å². The summed E-state index contributed by atoms with van der Waals surface area (Å²) in [6, 6.07) is 0. The molecule has 1 radical (unpaired) electrons. The molecule has 0 aromatic rings. The van der Waals surface area contributed by atoms with Gasteiger partial charge in [-0.1, -0.05) is 0 Å². The van der Waals surface area contributed by atoms with E-state index in [1.165, 1.54) is 0 Å². The van der Waals surface area contributed by atoms with E-state index in [1.807, 2.05) is 0 Å². The Morgan fingerprint density at radius 1 is 0.538 bits per heavy atom. The van der Waals surface area contributed by atoms with Crippen molar-refractivity contribution in [3.63, 3.8) is 0 Å². The van der Waals surface area contributed by atoms with Crippen LogP contribution in [0.5, 0.6) is 0 Å². The van der Waals surface area contributed by atoms with Gasteiger partial charge in [0.15, 0.2) is 0 Å². The SMILES string of the molecule is [Li].[O]=[V](=[O])[OH].[O]=[V](=[O])[OH].[O]=[V](=[O])[OH]. The van der Waals surface area contributed by atoms with Gasteiger partial charge in [0.2, 0.25) is 0 Å². The molecule has 0 saturated carbocycles. The second-order valence-electron chi connectivity index (χ2n) is 0.714. The van der Waals surface area contributed by atoms with Crippen LogP contribution < -0.4 is 0 Å². The van der Waals surface area contributed by atoms with Gasteiger partial charge in [-0.15, -0.1) is 0 Å². The van der Waals surface area contributed by atoms with Crippen molar-refractivity contribution in [1.82, 2.24) is 0 Å². The molecule has 3 N–H and O–H groups in total. The summed E-state index contributed by atoms with van der Waals surface area (Å²) in [5.41, 5.74) is 0. The van der Waals surface area contributed by atoms with Gasteiger partial charge in [0, 0.05) is 18.9 Å². The Balaban J connectivity index is -0.0000000450. The number of rotatable bonds is 0. The fourth-order valence-corrected chi connectivity index (χ4v) is 0. The van der Waals surface area contributed by atoms with Crippen molar-refractivity contribution in [2.45, 2.75) is 0 Å². The van der Waals surface area contributed by atoms with Crippen LogP contribution in [0.2, 0.25) is 0 Å². The fraction of sp³-hybridized carbons (Fsp3) is 0. The van der Waals surface area contributed by atoms with E-state index in [4.69, 9.17) is 34.1 Å². The van der Waals surface area contributed by atoms with Crippen LogP contribution in [0.3, 0.4) is 0 Å². The molecule has 13 heteroatoms. The Labute approximate surface area is 98.4 Å². The molecule has 9 nitrogen and oxygen atoms in total. The van der Waals surface area contributed by atoms with Crippen molar-refractivity contribution in [1.29, 1.82) is 0 Å². The second kappa shape index (κ2) is 18.7. The van der Waals surface area contributed by atoms with Crippen molar-refractivity contribution in [3.8, 4) is 0 Å². The predicted molar refractivity (Wildman–Crippen MR) is 16.5 cm³/mol. The van der Waals surface area contributed by atoms with Gasteiger partial charge >= 0.3 is 80.3 Å². The normalized spacial score (nSPS) is 5.77. The molecule has 0 saturated heterocycles. The van der Waals surface area contributed by atoms with Gasteiger partial charge in [-0.05, 0) is 0 Å². The van der Waals surface area contributed by atoms with Crippen molar-refractivity contribution in [2.75, 3.05) is 0 Å². The summed E-state index contributed by atoms with van der Waals surface area (Å²) in [6.07, 6.45) is 0. The summed E-state index contributed by atoms with van der Waals surface area (Å²) < 4.78 is 73.3. The summed E-state index contributed by atoms with van der Waals surface area (Å²) in [7, 11) is 0. The molecular formula is H3LiO9V3. The topological polar surface area (TPSA) is 163 Å². The molecule has 0 bridgehead atoms. The van der Waals surface area contributed by atoms with Crippen molar-refractivity contribution in [3.05, 3.63) is 0 Å². The van der Waals surface area contributed by atoms with Gasteiger partial charge in [-0.3, -0.25) is 0 Å². The minimum atomic E-state index is -3.69. The van der Waals surface area contributed by atoms with Crippen LogP contribution in [0.15, 0.2) is 0 Å². The minimum absolute atomic E-state index is 0. The molecule has 0 rings (SSSR count). The van der Waals surface area contributed by atoms with E-state index in [2.05, 4.69) is 0 Å². The van der Waals surface area contributed by atoms with Crippen LogP contribution in [0.4, 0.5) is 0 Å². The quantitative estimate of drug-likeness (QED) is 0.402. The van der Waals surface area contributed by atoms with E-state index < -0.39 is 46.2 Å². The number of hydrogen-bond acceptors (Lipinski definition) is 6. The molecule has 0 aliphatic heterocycles. The first-order valence-electron chi connectivity index (χ1n) is 1.70. The third-order valence-corrected chi connectivity index (χ3v) is 0. The zero-order chi connectivity index (χ0) is 10.7. The van der Waals surface area contributed by atoms with Crippen LogP contribution in [-0.2, 0) is 68.2 Å². The van der Waals surface area contributed by atoms with Gasteiger partial charge in [-0.25, -0.2) is 0 Å². The van der Waals surface area contributed by atoms with E-state index >= 15 is 0 Å². The maximum atomic E-state index is 8.67. The van der Waals surface area contributed by atoms with Gasteiger partial charge in [-0.2, -0.15) is 0 Å². The molecule has 0 aliphatic carbocycles. The molecule has 0 unspecified atom stereocenters. The molecule has 13 heavy (non-hydrogen) atoms. The molecule has 0 amide bonds. The third-order valence-electron chi connectivity index (χ3n) is 0. The summed E-state index contributed by atoms with van der Waals surface area (Å²) in [5.74, 6) is 0. The summed E-state index contributed by atoms with van der Waals surface area (Å²) >= 11 is -11.1. The van der Waals surface area contributed by atoms with E-state index in [1.54, 1.807) is 0 Å². The molecule has 0 aliphatic rings. The van der Waals surface area contributed by atoms with E-state index in [9.17, 15) is 0 Å². The van der Waals surface area contributed by atoms with Crippen molar-refractivity contribution in [2.24, 2.45) is 0 Å². The van der Waals surface area contributed by atoms with Crippen molar-refractivity contribution < 1.29 is 80.3 Å². The van der Waals surface area contributed by atoms with Crippen LogP contribution in [0.1, 0.15) is 0 Å². The molecule has 0 aromatic carbocycles. The van der Waals surface area contributed by atoms with Gasteiger partial charge in [0.1, 0.15) is 0 Å². The average Bonchev–Trinajstić information content (AvgIpc) is 1.54. The molecule has 0 aromatic heterocycles. The molecule has 0 heterocycles. The standard InChI is InChI=1S/Li.3H2O.6O.3V/h;3*1H2;;;;;;;;;/q;;;;;;;;;;3*+1/p-3. The van der Waals surface area contributed by atoms with Gasteiger partial charge in [0.05, 0.1) is 0 Å². The summed E-state index contributed by atoms with van der Waals surface area (Å²) in [6.45, 7) is 0. The van der Waals surface area contributed by atoms with Crippen LogP contribution in [0, 0.1) is 0 Å². The first kappa shape index (κ1) is 23.7. The second-order valence-corrected chi connectivity index (χ2v) is 2.94. The third kappa shape index (κ3) is 1490. The average molecular weight is 307 g/mol. The Kier molecular flexibility index (Phi) is 34.1. The van der Waals surface area contributed by atoms with Crippen LogP contribution in [-0.4, -0.2) is 31.0 Å². The monoisotopic (exact) mass is 307 g/mol. The first-order chi connectivity index (χ1) is 5.20. The van der Waals surface area contributed by atoms with E-state index in [0.717, 1.165) is 0 Å². The first-order valence-corrected chi connectivity index (χ1v) is 6.99. The zero-order valence-electron chi connectivity index (χ0n) is 6.13. The van der Waals surface area contributed by atoms with Crippen LogP contribution >= 0.6 is 0 Å². The maximum absolute atomic E-state index is 8.67. The van der Waals surface area contributed by atoms with Gasteiger partial charge in [0.25, 0.3) is 0 Å². The molecular weight excluding hydrogens is 304 g/mol. The number of hydrogen-bond donors (Lipinski definition) is 3. The summed E-state index contributed by atoms with van der Waals surface area (Å²) in [4.78, 5) is 0. The Morgan fingerprint density at radius 3 is 0.538 bits per heavy atom. The van der Waals surface area contributed by atoms with Crippen molar-refractivity contribution >= 4 is 18.9 Å². The fourth-order valence-electron chi connectivity index (χ4n) is 0. The molecule has 0 spiro atoms. The van der Waals surface area contributed by atoms with E-state index in [0.29, 0.717) is 0 Å². The van der Waals surface area contributed by atoms with E-state index in [-0.39, 0.29) is 18.9 Å². The predicted octanol–water partition coefficient (Wildman–Crippen LogP) is -2.77. The Bertz CT molecular complexity index is 208. The Hall–Kier alpha value is 1.03. The summed E-state index contributed by atoms with van der Waals surface area (Å²) in [5, 5.41) is 0. The molecule has 0 fully saturated rings. The van der Waals surface area contributed by atoms with Gasteiger partial charge < -0.3 is 0 Å². The zero-order valence-corrected chi connectivity index (χ0v) is 10.3. The molecule has 73 valence electrons. The molecule has 0 atom stereocenters.